The maximum Gasteiger partial charge on any atom is 0.0387 e. The van der Waals surface area contributed by atoms with Crippen molar-refractivity contribution in [3.63, 3.8) is 0 Å². The van der Waals surface area contributed by atoms with Crippen LogP contribution in [-0.2, 0) is 0 Å². The number of rotatable bonds is 3. The Morgan fingerprint density at radius 1 is 1.16 bits per heavy atom. The SMILES string of the molecule is C=C/C(=C/C)C1=C(CC)C(C)(C)NC(C)(C)/C1=C/C. The first-order valence-corrected chi connectivity index (χ1v) is 7.24. The lowest BCUT2D eigenvalue weighted by Crippen LogP contribution is -2.57. The van der Waals surface area contributed by atoms with Gasteiger partial charge in [-0.2, -0.15) is 0 Å². The predicted octanol–water partition coefficient (Wildman–Crippen LogP) is 4.93. The fourth-order valence-corrected chi connectivity index (χ4v) is 3.53. The molecule has 1 aliphatic rings. The van der Waals surface area contributed by atoms with Gasteiger partial charge in [-0.1, -0.05) is 31.7 Å². The van der Waals surface area contributed by atoms with Crippen LogP contribution in [0.3, 0.4) is 0 Å². The van der Waals surface area contributed by atoms with Crippen molar-refractivity contribution >= 4 is 0 Å². The van der Waals surface area contributed by atoms with Gasteiger partial charge in [0.25, 0.3) is 0 Å². The van der Waals surface area contributed by atoms with Crippen LogP contribution in [0, 0.1) is 0 Å². The Morgan fingerprint density at radius 3 is 2.11 bits per heavy atom. The highest BCUT2D eigenvalue weighted by Crippen LogP contribution is 2.42. The molecular formula is C18H29N. The van der Waals surface area contributed by atoms with E-state index in [1.165, 1.54) is 22.3 Å². The molecule has 0 radical (unpaired) electrons. The molecule has 1 N–H and O–H groups in total. The van der Waals surface area contributed by atoms with E-state index in [0.29, 0.717) is 0 Å². The summed E-state index contributed by atoms with van der Waals surface area (Å²) in [5, 5.41) is 3.78. The standard InChI is InChI=1S/C18H29N/c1-9-13(10-2)16-14(11-3)17(5,6)19-18(7,8)15(16)12-4/h9-11,19H,1,12H2,2-8H3/b13-10-,14-11+. The second-order valence-electron chi connectivity index (χ2n) is 6.23. The molecule has 0 unspecified atom stereocenters. The monoisotopic (exact) mass is 259 g/mol. The number of allylic oxidation sites excluding steroid dienone is 4. The van der Waals surface area contributed by atoms with E-state index < -0.39 is 0 Å². The van der Waals surface area contributed by atoms with Crippen molar-refractivity contribution in [1.82, 2.24) is 5.32 Å². The van der Waals surface area contributed by atoms with Crippen LogP contribution in [0.1, 0.15) is 54.9 Å². The van der Waals surface area contributed by atoms with E-state index >= 15 is 0 Å². The lowest BCUT2D eigenvalue weighted by atomic mass is 9.71. The minimum absolute atomic E-state index is 0.0113. The van der Waals surface area contributed by atoms with Gasteiger partial charge < -0.3 is 0 Å². The lowest BCUT2D eigenvalue weighted by molar-refractivity contribution is 0.312. The van der Waals surface area contributed by atoms with Crippen LogP contribution in [-0.4, -0.2) is 11.1 Å². The molecule has 0 saturated heterocycles. The van der Waals surface area contributed by atoms with Gasteiger partial charge in [0.15, 0.2) is 0 Å². The molecule has 0 aromatic rings. The zero-order chi connectivity index (χ0) is 14.8. The van der Waals surface area contributed by atoms with Crippen LogP contribution in [0.25, 0.3) is 0 Å². The number of hydrogen-bond acceptors (Lipinski definition) is 1. The molecule has 1 heteroatoms. The van der Waals surface area contributed by atoms with Crippen LogP contribution in [0.15, 0.2) is 47.1 Å². The largest absolute Gasteiger partial charge is 0.299 e. The average molecular weight is 259 g/mol. The summed E-state index contributed by atoms with van der Waals surface area (Å²) in [6.07, 6.45) is 7.43. The molecule has 0 fully saturated rings. The zero-order valence-corrected chi connectivity index (χ0v) is 13.6. The lowest BCUT2D eigenvalue weighted by Gasteiger charge is -2.47. The highest BCUT2D eigenvalue weighted by molar-refractivity contribution is 5.61. The van der Waals surface area contributed by atoms with Crippen LogP contribution in [0.5, 0.6) is 0 Å². The molecule has 0 aliphatic carbocycles. The minimum atomic E-state index is -0.0243. The molecule has 1 heterocycles. The molecule has 19 heavy (non-hydrogen) atoms. The Hall–Kier alpha value is -1.08. The smallest absolute Gasteiger partial charge is 0.0387 e. The van der Waals surface area contributed by atoms with Crippen molar-refractivity contribution in [2.45, 2.75) is 66.0 Å². The van der Waals surface area contributed by atoms with Gasteiger partial charge in [-0.15, -0.1) is 0 Å². The molecule has 0 spiro atoms. The molecule has 0 atom stereocenters. The maximum absolute atomic E-state index is 3.99. The van der Waals surface area contributed by atoms with E-state index in [1.54, 1.807) is 0 Å². The third-order valence-corrected chi connectivity index (χ3v) is 4.09. The van der Waals surface area contributed by atoms with E-state index in [4.69, 9.17) is 0 Å². The van der Waals surface area contributed by atoms with E-state index in [-0.39, 0.29) is 11.1 Å². The van der Waals surface area contributed by atoms with Gasteiger partial charge in [0, 0.05) is 11.1 Å². The van der Waals surface area contributed by atoms with Gasteiger partial charge in [0.05, 0.1) is 0 Å². The van der Waals surface area contributed by atoms with Gasteiger partial charge in [0.2, 0.25) is 0 Å². The molecule has 1 rings (SSSR count). The molecule has 0 aromatic carbocycles. The van der Waals surface area contributed by atoms with Gasteiger partial charge in [0.1, 0.15) is 0 Å². The first-order valence-electron chi connectivity index (χ1n) is 7.24. The predicted molar refractivity (Wildman–Crippen MR) is 86.3 cm³/mol. The quantitative estimate of drug-likeness (QED) is 0.708. The number of hydrogen-bond donors (Lipinski definition) is 1. The first-order chi connectivity index (χ1) is 8.75. The van der Waals surface area contributed by atoms with Gasteiger partial charge >= 0.3 is 0 Å². The highest BCUT2D eigenvalue weighted by Gasteiger charge is 2.40. The third kappa shape index (κ3) is 2.76. The maximum atomic E-state index is 3.99. The molecule has 0 amide bonds. The highest BCUT2D eigenvalue weighted by atomic mass is 15.1. The minimum Gasteiger partial charge on any atom is -0.299 e. The molecule has 1 aliphatic heterocycles. The summed E-state index contributed by atoms with van der Waals surface area (Å²) < 4.78 is 0. The topological polar surface area (TPSA) is 12.0 Å². The van der Waals surface area contributed by atoms with Crippen molar-refractivity contribution in [3.05, 3.63) is 47.1 Å². The Morgan fingerprint density at radius 2 is 1.74 bits per heavy atom. The van der Waals surface area contributed by atoms with Crippen LogP contribution in [0.2, 0.25) is 0 Å². The summed E-state index contributed by atoms with van der Waals surface area (Å²) >= 11 is 0. The Balaban J connectivity index is 3.69. The molecule has 0 bridgehead atoms. The van der Waals surface area contributed by atoms with E-state index in [0.717, 1.165) is 6.42 Å². The fourth-order valence-electron chi connectivity index (χ4n) is 3.53. The first kappa shape index (κ1) is 16.0. The summed E-state index contributed by atoms with van der Waals surface area (Å²) in [6, 6.07) is 0. The third-order valence-electron chi connectivity index (χ3n) is 4.09. The number of nitrogens with one attached hydrogen (secondary N) is 1. The Kier molecular flexibility index (Phi) is 4.63. The van der Waals surface area contributed by atoms with Crippen molar-refractivity contribution in [2.75, 3.05) is 0 Å². The molecule has 0 saturated carbocycles. The summed E-state index contributed by atoms with van der Waals surface area (Å²) in [5.74, 6) is 0. The zero-order valence-electron chi connectivity index (χ0n) is 13.6. The Labute approximate surface area is 119 Å². The van der Waals surface area contributed by atoms with Crippen LogP contribution < -0.4 is 5.32 Å². The normalized spacial score (nSPS) is 24.8. The summed E-state index contributed by atoms with van der Waals surface area (Å²) in [6.45, 7) is 19.5. The summed E-state index contributed by atoms with van der Waals surface area (Å²) in [5.41, 5.74) is 5.45. The van der Waals surface area contributed by atoms with Crippen molar-refractivity contribution < 1.29 is 0 Å². The van der Waals surface area contributed by atoms with Gasteiger partial charge in [-0.25, -0.2) is 0 Å². The van der Waals surface area contributed by atoms with E-state index in [2.05, 4.69) is 72.5 Å². The summed E-state index contributed by atoms with van der Waals surface area (Å²) in [4.78, 5) is 0. The molecule has 0 aromatic heterocycles. The average Bonchev–Trinajstić information content (AvgIpc) is 2.28. The van der Waals surface area contributed by atoms with Gasteiger partial charge in [-0.3, -0.25) is 5.32 Å². The van der Waals surface area contributed by atoms with E-state index in [9.17, 15) is 0 Å². The van der Waals surface area contributed by atoms with E-state index in [1.807, 2.05) is 6.08 Å². The van der Waals surface area contributed by atoms with Crippen LogP contribution >= 0.6 is 0 Å². The van der Waals surface area contributed by atoms with Crippen LogP contribution in [0.4, 0.5) is 0 Å². The summed E-state index contributed by atoms with van der Waals surface area (Å²) in [7, 11) is 0. The van der Waals surface area contributed by atoms with Crippen molar-refractivity contribution in [3.8, 4) is 0 Å². The molecule has 1 nitrogen and oxygen atoms in total. The van der Waals surface area contributed by atoms with Gasteiger partial charge in [-0.05, 0) is 70.3 Å². The van der Waals surface area contributed by atoms with Crippen molar-refractivity contribution in [2.24, 2.45) is 0 Å². The fraction of sp³-hybridized carbons (Fsp3) is 0.556. The molecular weight excluding hydrogens is 230 g/mol. The second-order valence-corrected chi connectivity index (χ2v) is 6.23. The van der Waals surface area contributed by atoms with Crippen molar-refractivity contribution in [1.29, 1.82) is 0 Å². The Bertz CT molecular complexity index is 456. The molecule has 106 valence electrons. The second kappa shape index (κ2) is 5.50.